The van der Waals surface area contributed by atoms with Gasteiger partial charge in [0.05, 0.1) is 36.1 Å². The lowest BCUT2D eigenvalue weighted by Gasteiger charge is -2.43. The standard InChI is InChI=1S/C13H22O4.C10H16O2.CO2/c1-9(14)17-11-7-10(13(3)8-16-13)5-6-12(11,2)15-4;1-9-4-3-7(5-8(9)12-9)10(2)6-11-10;2-1-3/h10-11H,5-8H2,1-4H3;7-8H,3-6H2,1-2H3;. The van der Waals surface area contributed by atoms with E-state index in [9.17, 15) is 4.79 Å². The van der Waals surface area contributed by atoms with Crippen molar-refractivity contribution in [3.8, 4) is 0 Å². The van der Waals surface area contributed by atoms with Gasteiger partial charge in [0.2, 0.25) is 0 Å². The molecule has 5 fully saturated rings. The molecule has 8 heteroatoms. The number of hydrogen-bond acceptors (Lipinski definition) is 8. The van der Waals surface area contributed by atoms with Gasteiger partial charge in [0.1, 0.15) is 11.7 Å². The number of carbonyl (C=O) groups is 1. The number of hydrogen-bond donors (Lipinski definition) is 0. The van der Waals surface area contributed by atoms with Crippen molar-refractivity contribution < 1.29 is 38.1 Å². The minimum absolute atomic E-state index is 0.00741. The Kier molecular flexibility index (Phi) is 7.24. The van der Waals surface area contributed by atoms with E-state index in [1.807, 2.05) is 6.92 Å². The number of esters is 1. The van der Waals surface area contributed by atoms with Crippen LogP contribution in [0.2, 0.25) is 0 Å². The van der Waals surface area contributed by atoms with Crippen molar-refractivity contribution >= 4 is 12.1 Å². The van der Waals surface area contributed by atoms with Crippen LogP contribution < -0.4 is 0 Å². The summed E-state index contributed by atoms with van der Waals surface area (Å²) in [6.07, 6.45) is 7.21. The van der Waals surface area contributed by atoms with Gasteiger partial charge in [0.25, 0.3) is 0 Å². The molecule has 5 aliphatic rings. The van der Waals surface area contributed by atoms with Crippen LogP contribution in [0.1, 0.15) is 73.1 Å². The van der Waals surface area contributed by atoms with Crippen LogP contribution in [0.4, 0.5) is 0 Å². The Morgan fingerprint density at radius 3 is 1.84 bits per heavy atom. The molecule has 0 spiro atoms. The summed E-state index contributed by atoms with van der Waals surface area (Å²) in [5, 5.41) is 0. The van der Waals surface area contributed by atoms with E-state index in [0.29, 0.717) is 12.0 Å². The molecule has 8 unspecified atom stereocenters. The zero-order chi connectivity index (χ0) is 23.8. The molecule has 0 N–H and O–H groups in total. The fourth-order valence-corrected chi connectivity index (χ4v) is 5.31. The summed E-state index contributed by atoms with van der Waals surface area (Å²) >= 11 is 0. The quantitative estimate of drug-likeness (QED) is 0.471. The third kappa shape index (κ3) is 5.60. The highest BCUT2D eigenvalue weighted by molar-refractivity contribution is 5.66. The highest BCUT2D eigenvalue weighted by atomic mass is 16.6. The number of ether oxygens (including phenoxy) is 5. The number of rotatable bonds is 4. The maximum absolute atomic E-state index is 11.2. The van der Waals surface area contributed by atoms with Gasteiger partial charge in [-0.15, -0.1) is 0 Å². The van der Waals surface area contributed by atoms with Crippen LogP contribution >= 0.6 is 0 Å². The maximum atomic E-state index is 11.2. The van der Waals surface area contributed by atoms with E-state index in [4.69, 9.17) is 33.3 Å². The summed E-state index contributed by atoms with van der Waals surface area (Å²) in [5.74, 6) is 0.994. The molecule has 8 nitrogen and oxygen atoms in total. The van der Waals surface area contributed by atoms with Crippen LogP contribution in [0.5, 0.6) is 0 Å². The highest BCUT2D eigenvalue weighted by Gasteiger charge is 2.60. The normalized spacial score (nSPS) is 47.8. The summed E-state index contributed by atoms with van der Waals surface area (Å²) in [6.45, 7) is 11.9. The molecule has 0 aromatic carbocycles. The number of epoxide rings is 3. The third-order valence-electron chi connectivity index (χ3n) is 8.39. The molecular formula is C24H38O8. The smallest absolute Gasteiger partial charge is 0.373 e. The van der Waals surface area contributed by atoms with Crippen molar-refractivity contribution in [2.75, 3.05) is 20.3 Å². The molecular weight excluding hydrogens is 416 g/mol. The summed E-state index contributed by atoms with van der Waals surface area (Å²) in [5.41, 5.74) is 0.149. The van der Waals surface area contributed by atoms with Gasteiger partial charge in [-0.1, -0.05) is 0 Å². The maximum Gasteiger partial charge on any atom is 0.373 e. The molecule has 0 bridgehead atoms. The molecule has 8 atom stereocenters. The minimum Gasteiger partial charge on any atom is -0.459 e. The molecule has 2 saturated carbocycles. The summed E-state index contributed by atoms with van der Waals surface area (Å²) < 4.78 is 27.6. The monoisotopic (exact) mass is 454 g/mol. The predicted octanol–water partition coefficient (Wildman–Crippen LogP) is 3.06. The molecule has 0 aromatic heterocycles. The van der Waals surface area contributed by atoms with Crippen LogP contribution in [-0.4, -0.2) is 67.1 Å². The van der Waals surface area contributed by atoms with Crippen molar-refractivity contribution in [3.63, 3.8) is 0 Å². The van der Waals surface area contributed by atoms with Crippen molar-refractivity contribution in [3.05, 3.63) is 0 Å². The Hall–Kier alpha value is -1.31. The first kappa shape index (κ1) is 25.3. The van der Waals surface area contributed by atoms with Gasteiger partial charge in [-0.05, 0) is 78.1 Å². The average molecular weight is 455 g/mol. The molecule has 3 saturated heterocycles. The lowest BCUT2D eigenvalue weighted by Crippen LogP contribution is -2.50. The molecule has 3 aliphatic heterocycles. The van der Waals surface area contributed by atoms with Crippen LogP contribution in [-0.2, 0) is 38.1 Å². The van der Waals surface area contributed by atoms with Crippen molar-refractivity contribution in [2.24, 2.45) is 11.8 Å². The van der Waals surface area contributed by atoms with Crippen LogP contribution in [0.15, 0.2) is 0 Å². The Labute approximate surface area is 190 Å². The van der Waals surface area contributed by atoms with Crippen molar-refractivity contribution in [2.45, 2.75) is 108 Å². The fourth-order valence-electron chi connectivity index (χ4n) is 5.31. The highest BCUT2D eigenvalue weighted by Crippen LogP contribution is 2.54. The summed E-state index contributed by atoms with van der Waals surface area (Å²) in [7, 11) is 1.69. The van der Waals surface area contributed by atoms with E-state index < -0.39 is 0 Å². The van der Waals surface area contributed by atoms with E-state index in [0.717, 1.165) is 38.4 Å². The fraction of sp³-hybridized carbons (Fsp3) is 0.917. The Morgan fingerprint density at radius 2 is 1.41 bits per heavy atom. The van der Waals surface area contributed by atoms with Crippen LogP contribution in [0.3, 0.4) is 0 Å². The molecule has 3 heterocycles. The summed E-state index contributed by atoms with van der Waals surface area (Å²) in [4.78, 5) is 27.4. The first-order valence-corrected chi connectivity index (χ1v) is 11.6. The minimum atomic E-state index is -0.354. The van der Waals surface area contributed by atoms with E-state index in [1.54, 1.807) is 7.11 Å². The van der Waals surface area contributed by atoms with Gasteiger partial charge < -0.3 is 23.7 Å². The van der Waals surface area contributed by atoms with Crippen molar-refractivity contribution in [1.29, 1.82) is 0 Å². The second kappa shape index (κ2) is 9.15. The van der Waals surface area contributed by atoms with Crippen molar-refractivity contribution in [1.82, 2.24) is 0 Å². The summed E-state index contributed by atoms with van der Waals surface area (Å²) in [6, 6.07) is 0. The first-order valence-electron chi connectivity index (χ1n) is 11.6. The molecule has 32 heavy (non-hydrogen) atoms. The van der Waals surface area contributed by atoms with Gasteiger partial charge >= 0.3 is 12.1 Å². The largest absolute Gasteiger partial charge is 0.459 e. The number of carbonyl (C=O) groups excluding carboxylic acids is 3. The molecule has 182 valence electrons. The Morgan fingerprint density at radius 1 is 0.906 bits per heavy atom. The average Bonchev–Trinajstić information content (AvgIpc) is 3.65. The van der Waals surface area contributed by atoms with Gasteiger partial charge in [0, 0.05) is 14.0 Å². The third-order valence-corrected chi connectivity index (χ3v) is 8.39. The number of methoxy groups -OCH3 is 1. The first-order chi connectivity index (χ1) is 14.9. The SMILES string of the molecule is CC1(C2CCC3(C)OC3C2)CO1.COC1(C)CCC(C2(C)CO2)CC1OC(C)=O.O=C=O. The van der Waals surface area contributed by atoms with Gasteiger partial charge in [0.15, 0.2) is 0 Å². The lowest BCUT2D eigenvalue weighted by atomic mass is 9.73. The van der Waals surface area contributed by atoms with Crippen LogP contribution in [0.25, 0.3) is 0 Å². The van der Waals surface area contributed by atoms with Gasteiger partial charge in [-0.25, -0.2) is 0 Å². The molecule has 5 rings (SSSR count). The molecule has 2 aliphatic carbocycles. The second-order valence-electron chi connectivity index (χ2n) is 10.8. The predicted molar refractivity (Wildman–Crippen MR) is 113 cm³/mol. The molecule has 0 radical (unpaired) electrons. The van der Waals surface area contributed by atoms with E-state index in [-0.39, 0.29) is 40.6 Å². The van der Waals surface area contributed by atoms with Gasteiger partial charge in [-0.2, -0.15) is 9.59 Å². The second-order valence-corrected chi connectivity index (χ2v) is 10.8. The topological polar surface area (TPSA) is 107 Å². The molecule has 0 amide bonds. The van der Waals surface area contributed by atoms with E-state index in [1.165, 1.54) is 26.2 Å². The Bertz CT molecular complexity index is 724. The van der Waals surface area contributed by atoms with E-state index >= 15 is 0 Å². The Balaban J connectivity index is 0.000000167. The zero-order valence-electron chi connectivity index (χ0n) is 20.2. The lowest BCUT2D eigenvalue weighted by molar-refractivity contribution is -0.191. The zero-order valence-corrected chi connectivity index (χ0v) is 20.2. The van der Waals surface area contributed by atoms with Crippen LogP contribution in [0, 0.1) is 11.8 Å². The number of fused-ring (bicyclic) bond motifs is 1. The molecule has 0 aromatic rings. The van der Waals surface area contributed by atoms with E-state index in [2.05, 4.69) is 20.8 Å². The van der Waals surface area contributed by atoms with Gasteiger partial charge in [-0.3, -0.25) is 4.79 Å².